The van der Waals surface area contributed by atoms with Gasteiger partial charge in [0, 0.05) is 6.54 Å². The number of aliphatic hydroxyl groups is 1. The average Bonchev–Trinajstić information content (AvgIpc) is 2.93. The molecule has 1 aromatic carbocycles. The summed E-state index contributed by atoms with van der Waals surface area (Å²) >= 11 is 13.0. The molecule has 1 aromatic heterocycles. The Labute approximate surface area is 131 Å². The van der Waals surface area contributed by atoms with Gasteiger partial charge in [-0.05, 0) is 40.6 Å². The molecular weight excluding hydrogens is 341 g/mol. The van der Waals surface area contributed by atoms with E-state index in [-0.39, 0.29) is 21.5 Å². The van der Waals surface area contributed by atoms with E-state index in [1.165, 1.54) is 29.5 Å². The van der Waals surface area contributed by atoms with Crippen LogP contribution in [0.15, 0.2) is 39.9 Å². The first-order valence-corrected chi connectivity index (χ1v) is 8.73. The normalized spacial score (nSPS) is 13.3. The number of nitrogens with one attached hydrogen (secondary N) is 1. The number of halogens is 2. The van der Waals surface area contributed by atoms with E-state index in [1.807, 2.05) is 5.38 Å². The molecule has 20 heavy (non-hydrogen) atoms. The number of rotatable bonds is 5. The van der Waals surface area contributed by atoms with Gasteiger partial charge in [-0.1, -0.05) is 23.2 Å². The van der Waals surface area contributed by atoms with Crippen LogP contribution >= 0.6 is 34.5 Å². The van der Waals surface area contributed by atoms with Gasteiger partial charge in [0.05, 0.1) is 21.0 Å². The second-order valence-electron chi connectivity index (χ2n) is 4.00. The zero-order chi connectivity index (χ0) is 14.8. The van der Waals surface area contributed by atoms with E-state index in [9.17, 15) is 13.5 Å². The fourth-order valence-corrected chi connectivity index (χ4v) is 3.63. The van der Waals surface area contributed by atoms with Gasteiger partial charge in [0.1, 0.15) is 0 Å². The lowest BCUT2D eigenvalue weighted by Crippen LogP contribution is -2.28. The van der Waals surface area contributed by atoms with Crippen molar-refractivity contribution >= 4 is 44.6 Å². The SMILES string of the molecule is O=S(=O)(NCC(O)c1ccsc1)c1ccc(Cl)c(Cl)c1. The summed E-state index contributed by atoms with van der Waals surface area (Å²) in [5.74, 6) is 0. The fourth-order valence-electron chi connectivity index (χ4n) is 1.50. The van der Waals surface area contributed by atoms with Crippen LogP contribution in [-0.4, -0.2) is 20.1 Å². The Hall–Kier alpha value is -0.630. The maximum atomic E-state index is 12.0. The van der Waals surface area contributed by atoms with Gasteiger partial charge < -0.3 is 5.11 Å². The van der Waals surface area contributed by atoms with E-state index in [1.54, 1.807) is 11.4 Å². The van der Waals surface area contributed by atoms with Crippen molar-refractivity contribution in [3.05, 3.63) is 50.6 Å². The first-order chi connectivity index (χ1) is 9.40. The van der Waals surface area contributed by atoms with Crippen molar-refractivity contribution < 1.29 is 13.5 Å². The minimum Gasteiger partial charge on any atom is -0.387 e. The van der Waals surface area contributed by atoms with Gasteiger partial charge in [-0.25, -0.2) is 13.1 Å². The number of thiophene rings is 1. The summed E-state index contributed by atoms with van der Waals surface area (Å²) in [6.45, 7) is -0.112. The molecule has 2 N–H and O–H groups in total. The molecule has 0 fully saturated rings. The Balaban J connectivity index is 2.09. The third-order valence-corrected chi connectivity index (χ3v) is 5.46. The quantitative estimate of drug-likeness (QED) is 0.869. The summed E-state index contributed by atoms with van der Waals surface area (Å²) < 4.78 is 26.4. The fraction of sp³-hybridized carbons (Fsp3) is 0.167. The molecule has 0 aliphatic heterocycles. The molecule has 2 rings (SSSR count). The van der Waals surface area contributed by atoms with Gasteiger partial charge in [-0.15, -0.1) is 0 Å². The molecular formula is C12H11Cl2NO3S2. The molecule has 1 unspecified atom stereocenters. The lowest BCUT2D eigenvalue weighted by atomic mass is 10.2. The van der Waals surface area contributed by atoms with Crippen molar-refractivity contribution in [1.29, 1.82) is 0 Å². The molecule has 0 saturated heterocycles. The van der Waals surface area contributed by atoms with Crippen LogP contribution in [0.2, 0.25) is 10.0 Å². The van der Waals surface area contributed by atoms with E-state index in [4.69, 9.17) is 23.2 Å². The second-order valence-corrected chi connectivity index (χ2v) is 7.36. The van der Waals surface area contributed by atoms with Crippen LogP contribution in [0.25, 0.3) is 0 Å². The Morgan fingerprint density at radius 1 is 1.25 bits per heavy atom. The molecule has 0 spiro atoms. The number of hydrogen-bond donors (Lipinski definition) is 2. The van der Waals surface area contributed by atoms with E-state index < -0.39 is 16.1 Å². The van der Waals surface area contributed by atoms with Crippen LogP contribution < -0.4 is 4.72 Å². The van der Waals surface area contributed by atoms with Crippen LogP contribution in [0.5, 0.6) is 0 Å². The van der Waals surface area contributed by atoms with Crippen molar-refractivity contribution in [2.24, 2.45) is 0 Å². The molecule has 8 heteroatoms. The lowest BCUT2D eigenvalue weighted by Gasteiger charge is -2.11. The summed E-state index contributed by atoms with van der Waals surface area (Å²) in [4.78, 5) is 0.00409. The van der Waals surface area contributed by atoms with Gasteiger partial charge in [0.2, 0.25) is 10.0 Å². The zero-order valence-electron chi connectivity index (χ0n) is 10.1. The molecule has 1 heterocycles. The summed E-state index contributed by atoms with van der Waals surface area (Å²) in [5.41, 5.74) is 0.673. The van der Waals surface area contributed by atoms with Gasteiger partial charge in [0.15, 0.2) is 0 Å². The topological polar surface area (TPSA) is 66.4 Å². The molecule has 4 nitrogen and oxygen atoms in total. The average molecular weight is 352 g/mol. The zero-order valence-corrected chi connectivity index (χ0v) is 13.2. The number of hydrogen-bond acceptors (Lipinski definition) is 4. The Kier molecular flexibility index (Phi) is 5.06. The monoisotopic (exact) mass is 351 g/mol. The molecule has 0 aliphatic rings. The summed E-state index contributed by atoms with van der Waals surface area (Å²) in [7, 11) is -3.74. The minimum atomic E-state index is -3.74. The molecule has 0 radical (unpaired) electrons. The lowest BCUT2D eigenvalue weighted by molar-refractivity contribution is 0.182. The molecule has 108 valence electrons. The third-order valence-electron chi connectivity index (χ3n) is 2.60. The van der Waals surface area contributed by atoms with Crippen LogP contribution in [0.4, 0.5) is 0 Å². The molecule has 0 bridgehead atoms. The number of aliphatic hydroxyl groups excluding tert-OH is 1. The molecule has 1 atom stereocenters. The molecule has 2 aromatic rings. The van der Waals surface area contributed by atoms with Crippen LogP contribution in [-0.2, 0) is 10.0 Å². The first-order valence-electron chi connectivity index (χ1n) is 5.55. The standard InChI is InChI=1S/C12H11Cl2NO3S2/c13-10-2-1-9(5-11(10)14)20(17,18)15-6-12(16)8-3-4-19-7-8/h1-5,7,12,15-16H,6H2. The number of benzene rings is 1. The minimum absolute atomic E-state index is 0.00409. The van der Waals surface area contributed by atoms with Gasteiger partial charge in [-0.3, -0.25) is 0 Å². The van der Waals surface area contributed by atoms with Crippen LogP contribution in [0.1, 0.15) is 11.7 Å². The summed E-state index contributed by atoms with van der Waals surface area (Å²) in [5, 5.41) is 13.9. The van der Waals surface area contributed by atoms with E-state index in [0.29, 0.717) is 5.56 Å². The Bertz CT molecular complexity index is 687. The summed E-state index contributed by atoms with van der Waals surface area (Å²) in [6, 6.07) is 5.77. The van der Waals surface area contributed by atoms with Crippen molar-refractivity contribution in [2.45, 2.75) is 11.0 Å². The van der Waals surface area contributed by atoms with Crippen molar-refractivity contribution in [1.82, 2.24) is 4.72 Å². The highest BCUT2D eigenvalue weighted by Gasteiger charge is 2.17. The van der Waals surface area contributed by atoms with Gasteiger partial charge in [0.25, 0.3) is 0 Å². The van der Waals surface area contributed by atoms with Crippen molar-refractivity contribution in [3.63, 3.8) is 0 Å². The maximum Gasteiger partial charge on any atom is 0.240 e. The number of sulfonamides is 1. The molecule has 0 saturated carbocycles. The predicted molar refractivity (Wildman–Crippen MR) is 80.9 cm³/mol. The molecule has 0 aliphatic carbocycles. The highest BCUT2D eigenvalue weighted by atomic mass is 35.5. The Morgan fingerprint density at radius 3 is 2.60 bits per heavy atom. The van der Waals surface area contributed by atoms with Gasteiger partial charge in [-0.2, -0.15) is 11.3 Å². The highest BCUT2D eigenvalue weighted by molar-refractivity contribution is 7.89. The third kappa shape index (κ3) is 3.72. The van der Waals surface area contributed by atoms with Crippen LogP contribution in [0.3, 0.4) is 0 Å². The maximum absolute atomic E-state index is 12.0. The smallest absolute Gasteiger partial charge is 0.240 e. The highest BCUT2D eigenvalue weighted by Crippen LogP contribution is 2.25. The largest absolute Gasteiger partial charge is 0.387 e. The predicted octanol–water partition coefficient (Wildman–Crippen LogP) is 3.07. The first kappa shape index (κ1) is 15.8. The second kappa shape index (κ2) is 6.43. The van der Waals surface area contributed by atoms with E-state index in [0.717, 1.165) is 0 Å². The van der Waals surface area contributed by atoms with E-state index >= 15 is 0 Å². The van der Waals surface area contributed by atoms with Crippen LogP contribution in [0, 0.1) is 0 Å². The Morgan fingerprint density at radius 2 is 2.00 bits per heavy atom. The van der Waals surface area contributed by atoms with Crippen molar-refractivity contribution in [2.75, 3.05) is 6.54 Å². The van der Waals surface area contributed by atoms with E-state index in [2.05, 4.69) is 4.72 Å². The summed E-state index contributed by atoms with van der Waals surface area (Å²) in [6.07, 6.45) is -0.890. The molecule has 0 amide bonds. The van der Waals surface area contributed by atoms with Crippen molar-refractivity contribution in [3.8, 4) is 0 Å². The van der Waals surface area contributed by atoms with Gasteiger partial charge >= 0.3 is 0 Å².